The summed E-state index contributed by atoms with van der Waals surface area (Å²) in [7, 11) is -4.53. The van der Waals surface area contributed by atoms with Gasteiger partial charge in [-0.2, -0.15) is 0 Å². The minimum Gasteiger partial charge on any atom is -0.746 e. The van der Waals surface area contributed by atoms with Crippen LogP contribution in [-0.2, 0) is 10.1 Å². The van der Waals surface area contributed by atoms with E-state index in [2.05, 4.69) is 0 Å². The molecule has 0 spiro atoms. The third-order valence-corrected chi connectivity index (χ3v) is 3.83. The van der Waals surface area contributed by atoms with Gasteiger partial charge in [-0.25, -0.2) is 8.42 Å². The molecule has 1 atom stereocenters. The molecule has 1 rings (SSSR count). The minimum atomic E-state index is -4.53. The summed E-state index contributed by atoms with van der Waals surface area (Å²) in [5.41, 5.74) is -1.69. The maximum absolute atomic E-state index is 10.6. The molecule has 0 bridgehead atoms. The molecular formula is C9H17NaO4S. The average Bonchev–Trinajstić information content (AvgIpc) is 2.00. The van der Waals surface area contributed by atoms with Crippen LogP contribution in [0.1, 0.15) is 44.9 Å². The Bertz CT molecular complexity index is 257. The number of aliphatic hydroxyl groups excluding tert-OH is 1. The van der Waals surface area contributed by atoms with Gasteiger partial charge in [-0.05, 0) is 18.8 Å². The van der Waals surface area contributed by atoms with Crippen LogP contribution in [0.5, 0.6) is 0 Å². The van der Waals surface area contributed by atoms with E-state index < -0.39 is 15.6 Å². The topological polar surface area (TPSA) is 77.4 Å². The number of rotatable bonds is 2. The molecule has 1 saturated carbocycles. The van der Waals surface area contributed by atoms with E-state index >= 15 is 0 Å². The summed E-state index contributed by atoms with van der Waals surface area (Å²) in [4.78, 5) is 0. The van der Waals surface area contributed by atoms with Crippen LogP contribution in [-0.4, -0.2) is 23.5 Å². The van der Waals surface area contributed by atoms with E-state index in [1.54, 1.807) is 0 Å². The van der Waals surface area contributed by atoms with Gasteiger partial charge in [0, 0.05) is 0 Å². The third-order valence-electron chi connectivity index (χ3n) is 2.85. The van der Waals surface area contributed by atoms with Crippen LogP contribution < -0.4 is 29.6 Å². The normalized spacial score (nSPS) is 22.3. The van der Waals surface area contributed by atoms with E-state index in [1.807, 2.05) is 0 Å². The summed E-state index contributed by atoms with van der Waals surface area (Å²) < 4.78 is 31.9. The second-order valence-corrected chi connectivity index (χ2v) is 5.46. The first-order valence-electron chi connectivity index (χ1n) is 5.14. The Balaban J connectivity index is 0.00000196. The van der Waals surface area contributed by atoms with Crippen LogP contribution in [0.4, 0.5) is 0 Å². The van der Waals surface area contributed by atoms with E-state index in [4.69, 9.17) is 0 Å². The van der Waals surface area contributed by atoms with Gasteiger partial charge in [-0.15, -0.1) is 0 Å². The van der Waals surface area contributed by atoms with E-state index in [0.717, 1.165) is 25.7 Å². The van der Waals surface area contributed by atoms with Crippen molar-refractivity contribution in [1.29, 1.82) is 0 Å². The van der Waals surface area contributed by atoms with Gasteiger partial charge in [0.1, 0.15) is 15.6 Å². The Kier molecular flexibility index (Phi) is 7.67. The largest absolute Gasteiger partial charge is 1.00 e. The van der Waals surface area contributed by atoms with Crippen molar-refractivity contribution >= 4 is 10.1 Å². The van der Waals surface area contributed by atoms with Crippen molar-refractivity contribution in [2.45, 2.75) is 50.4 Å². The fourth-order valence-corrected chi connectivity index (χ4v) is 2.75. The van der Waals surface area contributed by atoms with Crippen molar-refractivity contribution < 1.29 is 47.6 Å². The van der Waals surface area contributed by atoms with E-state index in [9.17, 15) is 18.1 Å². The smallest absolute Gasteiger partial charge is 0.746 e. The van der Waals surface area contributed by atoms with E-state index in [-0.39, 0.29) is 35.5 Å². The molecule has 1 fully saturated rings. The Labute approximate surface area is 113 Å². The summed E-state index contributed by atoms with van der Waals surface area (Å²) in [5.74, 6) is -0.349. The summed E-state index contributed by atoms with van der Waals surface area (Å²) in [6, 6.07) is 0. The zero-order valence-electron chi connectivity index (χ0n) is 9.18. The van der Waals surface area contributed by atoms with Crippen LogP contribution >= 0.6 is 0 Å². The van der Waals surface area contributed by atoms with Gasteiger partial charge in [-0.1, -0.05) is 32.1 Å². The predicted molar refractivity (Wildman–Crippen MR) is 51.5 cm³/mol. The zero-order valence-corrected chi connectivity index (χ0v) is 12.0. The molecule has 1 aliphatic carbocycles. The van der Waals surface area contributed by atoms with Crippen molar-refractivity contribution in [2.24, 2.45) is 5.92 Å². The van der Waals surface area contributed by atoms with Crippen molar-refractivity contribution in [2.75, 3.05) is 0 Å². The standard InChI is InChI=1S/C9H18O4S.Na/c10-9(14(11,12)13)8-6-4-2-1-3-5-7-8;/h8-10H,1-7H2,(H,11,12,13);/q;+1/p-1. The van der Waals surface area contributed by atoms with Crippen LogP contribution in [0, 0.1) is 5.92 Å². The summed E-state index contributed by atoms with van der Waals surface area (Å²) in [5, 5.41) is 9.33. The Hall–Kier alpha value is 0.870. The Morgan fingerprint density at radius 3 is 1.87 bits per heavy atom. The SMILES string of the molecule is O=S(=O)([O-])C(O)C1CCCCCCC1.[Na+]. The molecule has 0 aromatic rings. The van der Waals surface area contributed by atoms with Crippen LogP contribution in [0.15, 0.2) is 0 Å². The molecule has 15 heavy (non-hydrogen) atoms. The zero-order chi connectivity index (χ0) is 10.6. The first-order chi connectivity index (χ1) is 6.52. The third kappa shape index (κ3) is 5.65. The number of hydrogen-bond donors (Lipinski definition) is 1. The van der Waals surface area contributed by atoms with Crippen LogP contribution in [0.2, 0.25) is 0 Å². The van der Waals surface area contributed by atoms with E-state index in [1.165, 1.54) is 6.42 Å². The Morgan fingerprint density at radius 1 is 1.07 bits per heavy atom. The molecule has 0 radical (unpaired) electrons. The van der Waals surface area contributed by atoms with Crippen molar-refractivity contribution in [3.63, 3.8) is 0 Å². The monoisotopic (exact) mass is 244 g/mol. The van der Waals surface area contributed by atoms with Crippen molar-refractivity contribution in [1.82, 2.24) is 0 Å². The molecule has 4 nitrogen and oxygen atoms in total. The van der Waals surface area contributed by atoms with Gasteiger partial charge >= 0.3 is 29.6 Å². The number of aliphatic hydroxyl groups is 1. The molecule has 1 aliphatic rings. The van der Waals surface area contributed by atoms with Gasteiger partial charge < -0.3 is 9.66 Å². The molecule has 0 saturated heterocycles. The van der Waals surface area contributed by atoms with Crippen molar-refractivity contribution in [3.8, 4) is 0 Å². The van der Waals surface area contributed by atoms with Gasteiger partial charge in [0.2, 0.25) is 0 Å². The first-order valence-corrected chi connectivity index (χ1v) is 6.62. The molecule has 0 aromatic carbocycles. The molecular weight excluding hydrogens is 227 g/mol. The molecule has 1 N–H and O–H groups in total. The summed E-state index contributed by atoms with van der Waals surface area (Å²) in [6.45, 7) is 0. The van der Waals surface area contributed by atoms with Gasteiger partial charge in [0.25, 0.3) is 0 Å². The maximum atomic E-state index is 10.6. The van der Waals surface area contributed by atoms with E-state index in [0.29, 0.717) is 12.8 Å². The summed E-state index contributed by atoms with van der Waals surface area (Å²) in [6.07, 6.45) is 6.46. The molecule has 0 heterocycles. The molecule has 0 amide bonds. The molecule has 1 unspecified atom stereocenters. The minimum absolute atomic E-state index is 0. The molecule has 6 heteroatoms. The van der Waals surface area contributed by atoms with Gasteiger partial charge in [-0.3, -0.25) is 0 Å². The fourth-order valence-electron chi connectivity index (χ4n) is 2.01. The second-order valence-electron chi connectivity index (χ2n) is 3.99. The van der Waals surface area contributed by atoms with Crippen LogP contribution in [0.3, 0.4) is 0 Å². The fraction of sp³-hybridized carbons (Fsp3) is 1.00. The quantitative estimate of drug-likeness (QED) is 0.460. The molecule has 0 aromatic heterocycles. The van der Waals surface area contributed by atoms with Crippen LogP contribution in [0.25, 0.3) is 0 Å². The summed E-state index contributed by atoms with van der Waals surface area (Å²) >= 11 is 0. The predicted octanol–water partition coefficient (Wildman–Crippen LogP) is -1.79. The molecule has 0 aliphatic heterocycles. The second kappa shape index (κ2) is 7.25. The first kappa shape index (κ1) is 15.9. The Morgan fingerprint density at radius 2 is 1.47 bits per heavy atom. The number of hydrogen-bond acceptors (Lipinski definition) is 4. The van der Waals surface area contributed by atoms with Crippen molar-refractivity contribution in [3.05, 3.63) is 0 Å². The van der Waals surface area contributed by atoms with Gasteiger partial charge in [0.15, 0.2) is 0 Å². The molecule has 84 valence electrons. The van der Waals surface area contributed by atoms with Gasteiger partial charge in [0.05, 0.1) is 0 Å². The maximum Gasteiger partial charge on any atom is 1.00 e. The average molecular weight is 244 g/mol.